The second-order valence-corrected chi connectivity index (χ2v) is 5.81. The van der Waals surface area contributed by atoms with Gasteiger partial charge in [0, 0.05) is 9.26 Å². The van der Waals surface area contributed by atoms with Crippen LogP contribution >= 0.6 is 22.6 Å². The van der Waals surface area contributed by atoms with E-state index in [0.29, 0.717) is 0 Å². The van der Waals surface area contributed by atoms with Gasteiger partial charge >= 0.3 is 6.03 Å². The smallest absolute Gasteiger partial charge is 0.319 e. The maximum absolute atomic E-state index is 11.8. The second-order valence-electron chi connectivity index (χ2n) is 4.56. The topological polar surface area (TPSA) is 61.4 Å². The van der Waals surface area contributed by atoms with Crippen LogP contribution < -0.4 is 10.6 Å². The number of amides is 2. The van der Waals surface area contributed by atoms with Gasteiger partial charge in [-0.3, -0.25) is 0 Å². The monoisotopic (exact) mass is 360 g/mol. The average molecular weight is 360 g/mol. The van der Waals surface area contributed by atoms with Crippen molar-refractivity contribution < 1.29 is 9.90 Å². The van der Waals surface area contributed by atoms with Gasteiger partial charge in [-0.25, -0.2) is 4.79 Å². The molecule has 0 heterocycles. The van der Waals surface area contributed by atoms with Crippen molar-refractivity contribution in [3.8, 4) is 0 Å². The molecule has 1 aromatic carbocycles. The Morgan fingerprint density at radius 3 is 2.56 bits per heavy atom. The van der Waals surface area contributed by atoms with Crippen molar-refractivity contribution in [1.82, 2.24) is 5.32 Å². The van der Waals surface area contributed by atoms with Gasteiger partial charge in [-0.2, -0.15) is 0 Å². The molecule has 5 heteroatoms. The molecular formula is C13H17IN2O2. The molecule has 1 saturated carbocycles. The number of rotatable bonds is 2. The lowest BCUT2D eigenvalue weighted by Crippen LogP contribution is -2.46. The molecular weight excluding hydrogens is 343 g/mol. The van der Waals surface area contributed by atoms with Crippen LogP contribution in [0.3, 0.4) is 0 Å². The van der Waals surface area contributed by atoms with Gasteiger partial charge in [0.25, 0.3) is 0 Å². The number of hydrogen-bond acceptors (Lipinski definition) is 2. The van der Waals surface area contributed by atoms with E-state index in [-0.39, 0.29) is 12.1 Å². The molecule has 0 unspecified atom stereocenters. The Morgan fingerprint density at radius 1 is 1.22 bits per heavy atom. The first kappa shape index (κ1) is 13.6. The van der Waals surface area contributed by atoms with Gasteiger partial charge in [0.15, 0.2) is 0 Å². The number of aliphatic hydroxyl groups is 1. The molecule has 1 aliphatic rings. The van der Waals surface area contributed by atoms with Gasteiger partial charge in [-0.15, -0.1) is 0 Å². The van der Waals surface area contributed by atoms with Crippen molar-refractivity contribution in [3.05, 3.63) is 27.8 Å². The fourth-order valence-electron chi connectivity index (χ4n) is 2.15. The zero-order valence-corrected chi connectivity index (χ0v) is 12.2. The lowest BCUT2D eigenvalue weighted by Gasteiger charge is -2.28. The third-order valence-corrected chi connectivity index (χ3v) is 3.87. The lowest BCUT2D eigenvalue weighted by atomic mass is 9.93. The van der Waals surface area contributed by atoms with Crippen LogP contribution in [0, 0.1) is 3.57 Å². The molecule has 1 aliphatic carbocycles. The number of aliphatic hydroxyl groups excluding tert-OH is 1. The van der Waals surface area contributed by atoms with Crippen LogP contribution in [0.5, 0.6) is 0 Å². The van der Waals surface area contributed by atoms with E-state index in [2.05, 4.69) is 33.2 Å². The number of carbonyl (C=O) groups is 1. The largest absolute Gasteiger partial charge is 0.391 e. The molecule has 18 heavy (non-hydrogen) atoms. The Bertz CT molecular complexity index is 408. The van der Waals surface area contributed by atoms with Crippen LogP contribution in [0.1, 0.15) is 25.7 Å². The molecule has 0 bridgehead atoms. The summed E-state index contributed by atoms with van der Waals surface area (Å²) in [6, 6.07) is 7.22. The third kappa shape index (κ3) is 3.84. The summed E-state index contributed by atoms with van der Waals surface area (Å²) in [4.78, 5) is 11.8. The molecule has 0 radical (unpaired) electrons. The second kappa shape index (κ2) is 6.38. The van der Waals surface area contributed by atoms with Crippen molar-refractivity contribution in [1.29, 1.82) is 0 Å². The van der Waals surface area contributed by atoms with Crippen LogP contribution in [0.15, 0.2) is 24.3 Å². The number of carbonyl (C=O) groups excluding carboxylic acids is 1. The van der Waals surface area contributed by atoms with E-state index in [1.807, 2.05) is 24.3 Å². The number of nitrogens with one attached hydrogen (secondary N) is 2. The van der Waals surface area contributed by atoms with E-state index in [4.69, 9.17) is 0 Å². The zero-order chi connectivity index (χ0) is 13.0. The Hall–Kier alpha value is -0.820. The summed E-state index contributed by atoms with van der Waals surface area (Å²) in [5, 5.41) is 15.4. The first-order chi connectivity index (χ1) is 8.65. The molecule has 4 nitrogen and oxygen atoms in total. The van der Waals surface area contributed by atoms with Crippen LogP contribution in [0.4, 0.5) is 10.5 Å². The van der Waals surface area contributed by atoms with Crippen LogP contribution in [-0.4, -0.2) is 23.3 Å². The highest BCUT2D eigenvalue weighted by Gasteiger charge is 2.24. The first-order valence-electron chi connectivity index (χ1n) is 6.16. The predicted molar refractivity (Wildman–Crippen MR) is 79.6 cm³/mol. The van der Waals surface area contributed by atoms with Gasteiger partial charge in [0.2, 0.25) is 0 Å². The standard InChI is InChI=1S/C13H17IN2O2/c14-9-5-7-10(8-6-9)15-13(18)16-11-3-1-2-4-12(11)17/h5-8,11-12,17H,1-4H2,(H2,15,16,18)/t11-,12+/m0/s1. The molecule has 0 aromatic heterocycles. The molecule has 98 valence electrons. The van der Waals surface area contributed by atoms with Crippen molar-refractivity contribution >= 4 is 34.3 Å². The van der Waals surface area contributed by atoms with E-state index in [1.54, 1.807) is 0 Å². The summed E-state index contributed by atoms with van der Waals surface area (Å²) in [5.41, 5.74) is 0.762. The van der Waals surface area contributed by atoms with Gasteiger partial charge in [-0.05, 0) is 59.7 Å². The van der Waals surface area contributed by atoms with Gasteiger partial charge in [-0.1, -0.05) is 12.8 Å². The average Bonchev–Trinajstić information content (AvgIpc) is 2.35. The maximum atomic E-state index is 11.8. The van der Waals surface area contributed by atoms with Gasteiger partial charge < -0.3 is 15.7 Å². The minimum absolute atomic E-state index is 0.123. The van der Waals surface area contributed by atoms with E-state index in [1.165, 1.54) is 0 Å². The van der Waals surface area contributed by atoms with Crippen LogP contribution in [0.2, 0.25) is 0 Å². The number of hydrogen-bond donors (Lipinski definition) is 3. The van der Waals surface area contributed by atoms with E-state index >= 15 is 0 Å². The molecule has 0 aliphatic heterocycles. The normalized spacial score (nSPS) is 23.4. The lowest BCUT2D eigenvalue weighted by molar-refractivity contribution is 0.0955. The molecule has 2 rings (SSSR count). The summed E-state index contributed by atoms with van der Waals surface area (Å²) in [6.45, 7) is 0. The quantitative estimate of drug-likeness (QED) is 0.711. The molecule has 2 atom stereocenters. The summed E-state index contributed by atoms with van der Waals surface area (Å²) in [5.74, 6) is 0. The Balaban J connectivity index is 1.86. The van der Waals surface area contributed by atoms with E-state index in [0.717, 1.165) is 34.9 Å². The highest BCUT2D eigenvalue weighted by Crippen LogP contribution is 2.18. The molecule has 1 fully saturated rings. The summed E-state index contributed by atoms with van der Waals surface area (Å²) in [6.07, 6.45) is 3.31. The fourth-order valence-corrected chi connectivity index (χ4v) is 2.51. The highest BCUT2D eigenvalue weighted by molar-refractivity contribution is 14.1. The third-order valence-electron chi connectivity index (χ3n) is 3.15. The van der Waals surface area contributed by atoms with Crippen molar-refractivity contribution in [2.45, 2.75) is 37.8 Å². The first-order valence-corrected chi connectivity index (χ1v) is 7.24. The maximum Gasteiger partial charge on any atom is 0.319 e. The molecule has 0 spiro atoms. The SMILES string of the molecule is O=C(Nc1ccc(I)cc1)N[C@H]1CCCC[C@H]1O. The minimum atomic E-state index is -0.416. The van der Waals surface area contributed by atoms with E-state index in [9.17, 15) is 9.90 Å². The van der Waals surface area contributed by atoms with Gasteiger partial charge in [0.05, 0.1) is 12.1 Å². The highest BCUT2D eigenvalue weighted by atomic mass is 127. The summed E-state index contributed by atoms with van der Waals surface area (Å²) >= 11 is 2.22. The predicted octanol–water partition coefficient (Wildman–Crippen LogP) is 2.72. The zero-order valence-electron chi connectivity index (χ0n) is 10.0. The van der Waals surface area contributed by atoms with Crippen molar-refractivity contribution in [2.24, 2.45) is 0 Å². The van der Waals surface area contributed by atoms with Crippen LogP contribution in [-0.2, 0) is 0 Å². The molecule has 3 N–H and O–H groups in total. The number of anilines is 1. The molecule has 1 aromatic rings. The minimum Gasteiger partial charge on any atom is -0.391 e. The molecule has 0 saturated heterocycles. The van der Waals surface area contributed by atoms with Gasteiger partial charge in [0.1, 0.15) is 0 Å². The molecule has 2 amide bonds. The number of halogens is 1. The Labute approximate surface area is 120 Å². The van der Waals surface area contributed by atoms with Crippen molar-refractivity contribution in [2.75, 3.05) is 5.32 Å². The van der Waals surface area contributed by atoms with Crippen molar-refractivity contribution in [3.63, 3.8) is 0 Å². The Kier molecular flexibility index (Phi) is 4.82. The van der Waals surface area contributed by atoms with E-state index < -0.39 is 6.10 Å². The number of benzene rings is 1. The number of urea groups is 1. The fraction of sp³-hybridized carbons (Fsp3) is 0.462. The summed E-state index contributed by atoms with van der Waals surface area (Å²) in [7, 11) is 0. The van der Waals surface area contributed by atoms with Crippen LogP contribution in [0.25, 0.3) is 0 Å². The Morgan fingerprint density at radius 2 is 1.89 bits per heavy atom. The summed E-state index contributed by atoms with van der Waals surface area (Å²) < 4.78 is 1.13.